The molecule has 0 saturated carbocycles. The van der Waals surface area contributed by atoms with Gasteiger partial charge >= 0.3 is 5.97 Å². The minimum atomic E-state index is -0.999. The van der Waals surface area contributed by atoms with Gasteiger partial charge in [0.2, 0.25) is 0 Å². The Morgan fingerprint density at radius 3 is 2.53 bits per heavy atom. The zero-order valence-corrected chi connectivity index (χ0v) is 8.55. The summed E-state index contributed by atoms with van der Waals surface area (Å²) in [6.07, 6.45) is 2.01. The number of aromatic nitrogens is 1. The summed E-state index contributed by atoms with van der Waals surface area (Å²) in [5.74, 6) is -2.89. The third-order valence-electron chi connectivity index (χ3n) is 2.12. The molecule has 0 N–H and O–H groups in total. The number of hydrogen-bond acceptors (Lipinski definition) is 5. The lowest BCUT2D eigenvalue weighted by Gasteiger charge is -2.12. The maximum absolute atomic E-state index is 12.8. The van der Waals surface area contributed by atoms with Crippen molar-refractivity contribution in [3.05, 3.63) is 29.8 Å². The first-order valence-corrected chi connectivity index (χ1v) is 4.76. The second-order valence-corrected chi connectivity index (χ2v) is 3.35. The van der Waals surface area contributed by atoms with E-state index in [1.807, 2.05) is 0 Å². The summed E-state index contributed by atoms with van der Waals surface area (Å²) in [5.41, 5.74) is -0.169. The SMILES string of the molecule is O=C(ON1C(=O)CCC1=O)c1cncc(F)c1. The molecule has 0 unspecified atom stereocenters. The normalized spacial score (nSPS) is 15.2. The summed E-state index contributed by atoms with van der Waals surface area (Å²) in [6.45, 7) is 0. The Bertz CT molecular complexity index is 487. The predicted octanol–water partition coefficient (Wildman–Crippen LogP) is 0.441. The highest BCUT2D eigenvalue weighted by molar-refractivity contribution is 6.02. The number of hydroxylamine groups is 2. The van der Waals surface area contributed by atoms with Crippen molar-refractivity contribution >= 4 is 17.8 Å². The molecule has 0 spiro atoms. The summed E-state index contributed by atoms with van der Waals surface area (Å²) in [7, 11) is 0. The third-order valence-corrected chi connectivity index (χ3v) is 2.12. The van der Waals surface area contributed by atoms with Gasteiger partial charge in [0.1, 0.15) is 5.82 Å². The van der Waals surface area contributed by atoms with Crippen LogP contribution in [0.25, 0.3) is 0 Å². The summed E-state index contributed by atoms with van der Waals surface area (Å²) < 4.78 is 12.8. The lowest BCUT2D eigenvalue weighted by Crippen LogP contribution is -2.32. The predicted molar refractivity (Wildman–Crippen MR) is 50.7 cm³/mol. The maximum atomic E-state index is 12.8. The van der Waals surface area contributed by atoms with Crippen LogP contribution in [0.1, 0.15) is 23.2 Å². The maximum Gasteiger partial charge on any atom is 0.365 e. The molecule has 1 aromatic heterocycles. The summed E-state index contributed by atoms with van der Waals surface area (Å²) >= 11 is 0. The lowest BCUT2D eigenvalue weighted by atomic mass is 10.3. The number of imide groups is 1. The van der Waals surface area contributed by atoms with Crippen molar-refractivity contribution in [3.63, 3.8) is 0 Å². The van der Waals surface area contributed by atoms with Gasteiger partial charge in [-0.05, 0) is 6.07 Å². The summed E-state index contributed by atoms with van der Waals surface area (Å²) in [6, 6.07) is 0.903. The van der Waals surface area contributed by atoms with Crippen LogP contribution in [-0.4, -0.2) is 27.8 Å². The molecular formula is C10H7FN2O4. The molecule has 7 heteroatoms. The van der Waals surface area contributed by atoms with Crippen molar-refractivity contribution in [1.29, 1.82) is 0 Å². The highest BCUT2D eigenvalue weighted by atomic mass is 19.1. The molecule has 1 aliphatic heterocycles. The first kappa shape index (κ1) is 11.2. The quantitative estimate of drug-likeness (QED) is 0.699. The molecule has 17 heavy (non-hydrogen) atoms. The van der Waals surface area contributed by atoms with Crippen LogP contribution in [0.4, 0.5) is 4.39 Å². The third kappa shape index (κ3) is 2.27. The van der Waals surface area contributed by atoms with E-state index in [1.165, 1.54) is 0 Å². The molecule has 0 aliphatic carbocycles. The van der Waals surface area contributed by atoms with Gasteiger partial charge in [-0.2, -0.15) is 0 Å². The van der Waals surface area contributed by atoms with Crippen molar-refractivity contribution in [3.8, 4) is 0 Å². The number of nitrogens with zero attached hydrogens (tertiary/aromatic N) is 2. The Balaban J connectivity index is 2.12. The van der Waals surface area contributed by atoms with E-state index in [4.69, 9.17) is 0 Å². The minimum absolute atomic E-state index is 0.00745. The molecule has 2 amide bonds. The van der Waals surface area contributed by atoms with Gasteiger partial charge in [0.15, 0.2) is 0 Å². The van der Waals surface area contributed by atoms with Gasteiger partial charge in [-0.3, -0.25) is 14.6 Å². The fourth-order valence-corrected chi connectivity index (χ4v) is 1.32. The van der Waals surface area contributed by atoms with Gasteiger partial charge in [-0.25, -0.2) is 9.18 Å². The van der Waals surface area contributed by atoms with Crippen LogP contribution in [0.15, 0.2) is 18.5 Å². The summed E-state index contributed by atoms with van der Waals surface area (Å²) in [5, 5.41) is 0.396. The average molecular weight is 238 g/mol. The van der Waals surface area contributed by atoms with E-state index >= 15 is 0 Å². The molecule has 2 heterocycles. The van der Waals surface area contributed by atoms with Gasteiger partial charge in [0, 0.05) is 19.0 Å². The van der Waals surface area contributed by atoms with E-state index < -0.39 is 23.6 Å². The van der Waals surface area contributed by atoms with Crippen molar-refractivity contribution in [2.75, 3.05) is 0 Å². The van der Waals surface area contributed by atoms with E-state index in [2.05, 4.69) is 9.82 Å². The Morgan fingerprint density at radius 2 is 1.94 bits per heavy atom. The number of carbonyl (C=O) groups excluding carboxylic acids is 3. The van der Waals surface area contributed by atoms with Gasteiger partial charge < -0.3 is 4.84 Å². The van der Waals surface area contributed by atoms with Crippen molar-refractivity contribution in [2.45, 2.75) is 12.8 Å². The zero-order chi connectivity index (χ0) is 12.4. The Labute approximate surface area is 94.9 Å². The molecule has 0 bridgehead atoms. The van der Waals surface area contributed by atoms with Gasteiger partial charge in [-0.15, -0.1) is 5.06 Å². The molecular weight excluding hydrogens is 231 g/mol. The van der Waals surface area contributed by atoms with Gasteiger partial charge in [0.05, 0.1) is 11.8 Å². The van der Waals surface area contributed by atoms with Crippen molar-refractivity contribution in [1.82, 2.24) is 10.0 Å². The molecule has 0 radical (unpaired) electrons. The van der Waals surface area contributed by atoms with E-state index in [1.54, 1.807) is 0 Å². The number of hydrogen-bond donors (Lipinski definition) is 0. The van der Waals surface area contributed by atoms with Crippen LogP contribution in [-0.2, 0) is 14.4 Å². The number of rotatable bonds is 2. The smallest absolute Gasteiger partial charge is 0.325 e. The molecule has 0 aromatic carbocycles. The minimum Gasteiger partial charge on any atom is -0.325 e. The number of pyridine rings is 1. The molecule has 88 valence electrons. The molecule has 1 saturated heterocycles. The first-order chi connectivity index (χ1) is 8.08. The molecule has 0 atom stereocenters. The second-order valence-electron chi connectivity index (χ2n) is 3.35. The van der Waals surface area contributed by atoms with Gasteiger partial charge in [-0.1, -0.05) is 0 Å². The van der Waals surface area contributed by atoms with Crippen molar-refractivity contribution < 1.29 is 23.6 Å². The average Bonchev–Trinajstić information content (AvgIpc) is 2.61. The zero-order valence-electron chi connectivity index (χ0n) is 8.55. The van der Waals surface area contributed by atoms with E-state index in [-0.39, 0.29) is 18.4 Å². The molecule has 2 rings (SSSR count). The van der Waals surface area contributed by atoms with Crippen LogP contribution in [0, 0.1) is 5.82 Å². The Kier molecular flexibility index (Phi) is 2.82. The molecule has 1 fully saturated rings. The largest absolute Gasteiger partial charge is 0.365 e. The fraction of sp³-hybridized carbons (Fsp3) is 0.200. The van der Waals surface area contributed by atoms with Crippen LogP contribution < -0.4 is 0 Å². The van der Waals surface area contributed by atoms with Crippen LogP contribution in [0.3, 0.4) is 0 Å². The van der Waals surface area contributed by atoms with E-state index in [9.17, 15) is 18.8 Å². The topological polar surface area (TPSA) is 76.6 Å². The van der Waals surface area contributed by atoms with E-state index in [0.717, 1.165) is 18.5 Å². The van der Waals surface area contributed by atoms with Crippen LogP contribution in [0.5, 0.6) is 0 Å². The highest BCUT2D eigenvalue weighted by Gasteiger charge is 2.33. The number of carbonyl (C=O) groups is 3. The monoisotopic (exact) mass is 238 g/mol. The Hall–Kier alpha value is -2.31. The number of halogens is 1. The van der Waals surface area contributed by atoms with Crippen LogP contribution >= 0.6 is 0 Å². The molecule has 1 aliphatic rings. The molecule has 1 aromatic rings. The van der Waals surface area contributed by atoms with Crippen LogP contribution in [0.2, 0.25) is 0 Å². The first-order valence-electron chi connectivity index (χ1n) is 4.76. The van der Waals surface area contributed by atoms with E-state index in [0.29, 0.717) is 5.06 Å². The number of amides is 2. The lowest BCUT2D eigenvalue weighted by molar-refractivity contribution is -0.172. The van der Waals surface area contributed by atoms with Gasteiger partial charge in [0.25, 0.3) is 11.8 Å². The molecule has 6 nitrogen and oxygen atoms in total. The second kappa shape index (κ2) is 4.28. The Morgan fingerprint density at radius 1 is 1.29 bits per heavy atom. The summed E-state index contributed by atoms with van der Waals surface area (Å²) in [4.78, 5) is 41.8. The fourth-order valence-electron chi connectivity index (χ4n) is 1.32. The van der Waals surface area contributed by atoms with Crippen molar-refractivity contribution in [2.24, 2.45) is 0 Å². The standard InChI is InChI=1S/C10H7FN2O4/c11-7-3-6(4-12-5-7)10(16)17-13-8(14)1-2-9(13)15/h3-5H,1-2H2. The highest BCUT2D eigenvalue weighted by Crippen LogP contribution is 2.14.